The van der Waals surface area contributed by atoms with E-state index >= 15 is 0 Å². The first kappa shape index (κ1) is 26.1. The van der Waals surface area contributed by atoms with Gasteiger partial charge in [-0.15, -0.1) is 0 Å². The van der Waals surface area contributed by atoms with E-state index in [4.69, 9.17) is 0 Å². The van der Waals surface area contributed by atoms with Crippen LogP contribution in [-0.2, 0) is 6.42 Å². The molecule has 0 saturated carbocycles. The van der Waals surface area contributed by atoms with Gasteiger partial charge in [-0.25, -0.2) is 0 Å². The fourth-order valence-electron chi connectivity index (χ4n) is 4.08. The Morgan fingerprint density at radius 3 is 2.33 bits per heavy atom. The van der Waals surface area contributed by atoms with Gasteiger partial charge >= 0.3 is 0 Å². The van der Waals surface area contributed by atoms with Crippen molar-refractivity contribution >= 4 is 5.57 Å². The molecule has 0 heterocycles. The number of hydrogen-bond acceptors (Lipinski definition) is 1. The molecule has 2 aromatic rings. The average Bonchev–Trinajstić information content (AvgIpc) is 2.74. The smallest absolute Gasteiger partial charge is 0.0991 e. The summed E-state index contributed by atoms with van der Waals surface area (Å²) in [5.74, 6) is 0.518. The van der Waals surface area contributed by atoms with Gasteiger partial charge < -0.3 is 0 Å². The molecule has 0 aromatic heterocycles. The van der Waals surface area contributed by atoms with Crippen molar-refractivity contribution in [3.05, 3.63) is 101 Å². The van der Waals surface area contributed by atoms with E-state index in [0.717, 1.165) is 23.1 Å². The highest BCUT2D eigenvalue weighted by Gasteiger charge is 2.22. The second-order valence-corrected chi connectivity index (χ2v) is 10.3. The predicted octanol–water partition coefficient (Wildman–Crippen LogP) is 9.18. The maximum Gasteiger partial charge on any atom is 0.0991 e. The van der Waals surface area contributed by atoms with E-state index in [1.807, 2.05) is 13.0 Å². The summed E-state index contributed by atoms with van der Waals surface area (Å²) in [5.41, 5.74) is 11.1. The van der Waals surface area contributed by atoms with E-state index in [2.05, 4.69) is 110 Å². The molecule has 0 N–H and O–H groups in total. The first-order valence-electron chi connectivity index (χ1n) is 11.7. The molecule has 0 saturated heterocycles. The fraction of sp³-hybridized carbons (Fsp3) is 0.344. The Morgan fingerprint density at radius 1 is 1.12 bits per heavy atom. The largest absolute Gasteiger partial charge is 0.192 e. The summed E-state index contributed by atoms with van der Waals surface area (Å²) in [5, 5.41) is 9.30. The first-order chi connectivity index (χ1) is 15.4. The third-order valence-corrected chi connectivity index (χ3v) is 6.69. The second kappa shape index (κ2) is 10.7. The van der Waals surface area contributed by atoms with Gasteiger partial charge in [0.25, 0.3) is 0 Å². The van der Waals surface area contributed by atoms with Crippen LogP contribution in [0, 0.1) is 36.5 Å². The van der Waals surface area contributed by atoms with Crippen LogP contribution >= 0.6 is 0 Å². The molecule has 0 aliphatic heterocycles. The molecule has 2 aromatic carbocycles. The number of benzene rings is 2. The second-order valence-electron chi connectivity index (χ2n) is 10.3. The molecule has 1 nitrogen and oxygen atoms in total. The Morgan fingerprint density at radius 2 is 1.79 bits per heavy atom. The van der Waals surface area contributed by atoms with E-state index in [1.165, 1.54) is 33.4 Å². The van der Waals surface area contributed by atoms with Gasteiger partial charge in [-0.2, -0.15) is 5.26 Å². The lowest BCUT2D eigenvalue weighted by Gasteiger charge is -2.29. The van der Waals surface area contributed by atoms with E-state index in [-0.39, 0.29) is 5.41 Å². The van der Waals surface area contributed by atoms with Gasteiger partial charge in [0.05, 0.1) is 11.6 Å². The van der Waals surface area contributed by atoms with Crippen molar-refractivity contribution in [3.8, 4) is 17.2 Å². The molecule has 0 bridgehead atoms. The number of hydrogen-bond donors (Lipinski definition) is 0. The van der Waals surface area contributed by atoms with Crippen LogP contribution in [0.3, 0.4) is 0 Å². The van der Waals surface area contributed by atoms with Crippen LogP contribution in [0.15, 0.2) is 78.4 Å². The highest BCUT2D eigenvalue weighted by molar-refractivity contribution is 5.77. The number of nitrogens with zero attached hydrogens (tertiary/aromatic N) is 1. The quantitative estimate of drug-likeness (QED) is 0.313. The summed E-state index contributed by atoms with van der Waals surface area (Å²) in [6, 6.07) is 15.6. The predicted molar refractivity (Wildman–Crippen MR) is 145 cm³/mol. The van der Waals surface area contributed by atoms with Crippen LogP contribution in [0.1, 0.15) is 63.8 Å². The molecule has 0 aliphatic carbocycles. The summed E-state index contributed by atoms with van der Waals surface area (Å²) in [6.07, 6.45) is 4.99. The SMILES string of the molecule is C=C(C#N)/C(=C/C)C(=C)/C=C(\C)c1cc(C)c(-c2cccc(C)c2)cc1CC(C)C(C)(C)C. The van der Waals surface area contributed by atoms with Crippen LogP contribution in [-0.4, -0.2) is 0 Å². The lowest BCUT2D eigenvalue weighted by Crippen LogP contribution is -2.20. The van der Waals surface area contributed by atoms with Gasteiger partial charge in [-0.05, 0) is 90.0 Å². The molecule has 172 valence electrons. The summed E-state index contributed by atoms with van der Waals surface area (Å²) in [4.78, 5) is 0. The molecule has 0 radical (unpaired) electrons. The molecular weight excluding hydrogens is 398 g/mol. The van der Waals surface area contributed by atoms with Crippen LogP contribution < -0.4 is 0 Å². The van der Waals surface area contributed by atoms with Crippen molar-refractivity contribution in [2.45, 2.75) is 61.8 Å². The monoisotopic (exact) mass is 437 g/mol. The fourth-order valence-corrected chi connectivity index (χ4v) is 4.08. The van der Waals surface area contributed by atoms with Crippen LogP contribution in [0.5, 0.6) is 0 Å². The minimum absolute atomic E-state index is 0.218. The number of allylic oxidation sites excluding steroid dienone is 6. The molecule has 1 heteroatoms. The summed E-state index contributed by atoms with van der Waals surface area (Å²) < 4.78 is 0. The topological polar surface area (TPSA) is 23.8 Å². The Kier molecular flexibility index (Phi) is 8.45. The zero-order valence-electron chi connectivity index (χ0n) is 21.8. The molecular formula is C32H39N. The summed E-state index contributed by atoms with van der Waals surface area (Å²) in [7, 11) is 0. The van der Waals surface area contributed by atoms with Crippen molar-refractivity contribution in [1.82, 2.24) is 0 Å². The summed E-state index contributed by atoms with van der Waals surface area (Å²) in [6.45, 7) is 25.8. The van der Waals surface area contributed by atoms with Gasteiger partial charge in [-0.3, -0.25) is 0 Å². The minimum atomic E-state index is 0.218. The molecule has 0 fully saturated rings. The average molecular weight is 438 g/mol. The minimum Gasteiger partial charge on any atom is -0.192 e. The molecule has 1 unspecified atom stereocenters. The van der Waals surface area contributed by atoms with E-state index in [1.54, 1.807) is 0 Å². The Bertz CT molecular complexity index is 1160. The van der Waals surface area contributed by atoms with Gasteiger partial charge in [-0.1, -0.05) is 95.0 Å². The molecule has 1 atom stereocenters. The normalized spacial score (nSPS) is 13.4. The van der Waals surface area contributed by atoms with Gasteiger partial charge in [0, 0.05) is 0 Å². The number of rotatable bonds is 7. The highest BCUT2D eigenvalue weighted by Crippen LogP contribution is 2.36. The standard InChI is InChI=1S/C32H39N/c1-11-29(25(6)20-33)22(3)16-23(4)30-17-24(5)31(27-14-12-13-21(2)15-27)19-28(30)18-26(7)32(8,9)10/h11-17,19,26H,3,6,18H2,1-2,4-5,7-10H3/b23-16+,29-11+. The Hall–Kier alpha value is -3.11. The highest BCUT2D eigenvalue weighted by atomic mass is 14.3. The van der Waals surface area contributed by atoms with Gasteiger partial charge in [0.2, 0.25) is 0 Å². The number of aryl methyl sites for hydroxylation is 2. The molecule has 0 spiro atoms. The van der Waals surface area contributed by atoms with Crippen LogP contribution in [0.4, 0.5) is 0 Å². The maximum absolute atomic E-state index is 9.30. The number of nitriles is 1. The summed E-state index contributed by atoms with van der Waals surface area (Å²) >= 11 is 0. The van der Waals surface area contributed by atoms with Crippen LogP contribution in [0.2, 0.25) is 0 Å². The molecule has 33 heavy (non-hydrogen) atoms. The van der Waals surface area contributed by atoms with Crippen molar-refractivity contribution in [2.24, 2.45) is 11.3 Å². The lowest BCUT2D eigenvalue weighted by molar-refractivity contribution is 0.260. The zero-order chi connectivity index (χ0) is 24.9. The van der Waals surface area contributed by atoms with E-state index < -0.39 is 0 Å². The lowest BCUT2D eigenvalue weighted by atomic mass is 9.76. The molecule has 2 rings (SSSR count). The van der Waals surface area contributed by atoms with Crippen molar-refractivity contribution in [2.75, 3.05) is 0 Å². The van der Waals surface area contributed by atoms with Crippen LogP contribution in [0.25, 0.3) is 16.7 Å². The molecule has 0 amide bonds. The van der Waals surface area contributed by atoms with E-state index in [9.17, 15) is 5.26 Å². The zero-order valence-corrected chi connectivity index (χ0v) is 21.8. The maximum atomic E-state index is 9.30. The third-order valence-electron chi connectivity index (χ3n) is 6.69. The van der Waals surface area contributed by atoms with E-state index in [0.29, 0.717) is 11.5 Å². The van der Waals surface area contributed by atoms with Crippen molar-refractivity contribution in [1.29, 1.82) is 5.26 Å². The van der Waals surface area contributed by atoms with Crippen molar-refractivity contribution in [3.63, 3.8) is 0 Å². The van der Waals surface area contributed by atoms with Gasteiger partial charge in [0.1, 0.15) is 0 Å². The first-order valence-corrected chi connectivity index (χ1v) is 11.7. The Balaban J connectivity index is 2.65. The third kappa shape index (κ3) is 6.45. The van der Waals surface area contributed by atoms with Crippen molar-refractivity contribution < 1.29 is 0 Å². The molecule has 0 aliphatic rings. The van der Waals surface area contributed by atoms with Gasteiger partial charge in [0.15, 0.2) is 0 Å². The Labute approximate surface area is 201 Å².